The number of fused-ring (bicyclic) bond motifs is 1. The van der Waals surface area contributed by atoms with Crippen LogP contribution in [-0.2, 0) is 5.92 Å². The molecule has 124 valence electrons. The summed E-state index contributed by atoms with van der Waals surface area (Å²) in [5.74, 6) is -2.29. The second-order valence-electron chi connectivity index (χ2n) is 5.56. The number of halogens is 2. The van der Waals surface area contributed by atoms with Gasteiger partial charge in [0.15, 0.2) is 5.82 Å². The number of nitrogens with zero attached hydrogens (tertiary/aromatic N) is 2. The van der Waals surface area contributed by atoms with Crippen LogP contribution in [0.4, 0.5) is 14.6 Å². The number of alkyl halides is 2. The summed E-state index contributed by atoms with van der Waals surface area (Å²) in [5, 5.41) is 22.1. The summed E-state index contributed by atoms with van der Waals surface area (Å²) in [6, 6.07) is 13.7. The summed E-state index contributed by atoms with van der Waals surface area (Å²) < 4.78 is 26.7. The van der Waals surface area contributed by atoms with Gasteiger partial charge in [0.1, 0.15) is 5.69 Å². The van der Waals surface area contributed by atoms with Gasteiger partial charge in [0, 0.05) is 35.4 Å². The maximum Gasteiger partial charge on any atom is 0.270 e. The molecule has 0 atom stereocenters. The normalized spacial score (nSPS) is 11.7. The van der Waals surface area contributed by atoms with Crippen LogP contribution in [0.25, 0.3) is 22.0 Å². The molecule has 4 nitrogen and oxygen atoms in total. The number of nitrogens with one attached hydrogen (secondary N) is 1. The number of hydrogen-bond donors (Lipinski definition) is 2. The van der Waals surface area contributed by atoms with Gasteiger partial charge in [0.25, 0.3) is 5.92 Å². The first-order valence-corrected chi connectivity index (χ1v) is 7.59. The van der Waals surface area contributed by atoms with Gasteiger partial charge in [-0.2, -0.15) is 0 Å². The standard InChI is InChI=1S/C18H17F2N3O/c1-18(19,20)13-8-6-12(7-9-13)16-14-4-2-3-5-15(14)17(23-22-16)21-10-11-24/h2-9,24H,10-11H2,1H3,(H,21,23). The molecule has 0 amide bonds. The average molecular weight is 329 g/mol. The summed E-state index contributed by atoms with van der Waals surface area (Å²) in [6.07, 6.45) is 0. The third-order valence-corrected chi connectivity index (χ3v) is 3.76. The van der Waals surface area contributed by atoms with Gasteiger partial charge in [-0.25, -0.2) is 8.78 Å². The molecule has 0 saturated carbocycles. The lowest BCUT2D eigenvalue weighted by molar-refractivity contribution is 0.0175. The molecule has 0 aliphatic rings. The minimum Gasteiger partial charge on any atom is -0.395 e. The Kier molecular flexibility index (Phi) is 4.40. The molecule has 0 spiro atoms. The molecule has 0 bridgehead atoms. The van der Waals surface area contributed by atoms with Crippen molar-refractivity contribution in [2.45, 2.75) is 12.8 Å². The highest BCUT2D eigenvalue weighted by atomic mass is 19.3. The van der Waals surface area contributed by atoms with Crippen molar-refractivity contribution in [3.63, 3.8) is 0 Å². The molecule has 1 aromatic heterocycles. The van der Waals surface area contributed by atoms with Gasteiger partial charge in [0.05, 0.1) is 6.61 Å². The zero-order chi connectivity index (χ0) is 17.2. The Morgan fingerprint density at radius 1 is 1.00 bits per heavy atom. The van der Waals surface area contributed by atoms with E-state index in [1.165, 1.54) is 12.1 Å². The third-order valence-electron chi connectivity index (χ3n) is 3.76. The zero-order valence-corrected chi connectivity index (χ0v) is 13.1. The van der Waals surface area contributed by atoms with Crippen molar-refractivity contribution in [2.24, 2.45) is 0 Å². The van der Waals surface area contributed by atoms with E-state index < -0.39 is 5.92 Å². The second kappa shape index (κ2) is 6.49. The highest BCUT2D eigenvalue weighted by Crippen LogP contribution is 2.32. The quantitative estimate of drug-likeness (QED) is 0.747. The highest BCUT2D eigenvalue weighted by molar-refractivity contribution is 6.00. The van der Waals surface area contributed by atoms with E-state index in [-0.39, 0.29) is 12.2 Å². The van der Waals surface area contributed by atoms with Gasteiger partial charge in [0.2, 0.25) is 0 Å². The molecule has 0 aliphatic carbocycles. The first kappa shape index (κ1) is 16.3. The zero-order valence-electron chi connectivity index (χ0n) is 13.1. The monoisotopic (exact) mass is 329 g/mol. The van der Waals surface area contributed by atoms with Crippen LogP contribution in [0.15, 0.2) is 48.5 Å². The summed E-state index contributed by atoms with van der Waals surface area (Å²) >= 11 is 0. The first-order chi connectivity index (χ1) is 11.5. The molecule has 6 heteroatoms. The van der Waals surface area contributed by atoms with Crippen molar-refractivity contribution in [3.8, 4) is 11.3 Å². The second-order valence-corrected chi connectivity index (χ2v) is 5.56. The van der Waals surface area contributed by atoms with E-state index in [0.29, 0.717) is 18.1 Å². The molecule has 0 fully saturated rings. The van der Waals surface area contributed by atoms with Crippen molar-refractivity contribution in [1.29, 1.82) is 0 Å². The molecule has 0 saturated heterocycles. The van der Waals surface area contributed by atoms with Crippen molar-refractivity contribution >= 4 is 16.6 Å². The van der Waals surface area contributed by atoms with Crippen LogP contribution in [0.3, 0.4) is 0 Å². The lowest BCUT2D eigenvalue weighted by Crippen LogP contribution is -2.09. The van der Waals surface area contributed by atoms with Gasteiger partial charge >= 0.3 is 0 Å². The van der Waals surface area contributed by atoms with Crippen molar-refractivity contribution < 1.29 is 13.9 Å². The fourth-order valence-electron chi connectivity index (χ4n) is 2.54. The predicted molar refractivity (Wildman–Crippen MR) is 90.1 cm³/mol. The largest absolute Gasteiger partial charge is 0.395 e. The molecule has 0 aliphatic heterocycles. The van der Waals surface area contributed by atoms with Crippen LogP contribution < -0.4 is 5.32 Å². The predicted octanol–water partition coefficient (Wildman–Crippen LogP) is 3.81. The number of anilines is 1. The molecule has 3 rings (SSSR count). The summed E-state index contributed by atoms with van der Waals surface area (Å²) in [5.41, 5.74) is 1.32. The number of benzene rings is 2. The average Bonchev–Trinajstić information content (AvgIpc) is 2.59. The van der Waals surface area contributed by atoms with Gasteiger partial charge in [-0.15, -0.1) is 10.2 Å². The van der Waals surface area contributed by atoms with E-state index in [0.717, 1.165) is 23.3 Å². The maximum atomic E-state index is 13.4. The Balaban J connectivity index is 2.07. The fraction of sp³-hybridized carbons (Fsp3) is 0.222. The lowest BCUT2D eigenvalue weighted by atomic mass is 10.0. The minimum absolute atomic E-state index is 0.00947. The van der Waals surface area contributed by atoms with E-state index in [1.807, 2.05) is 24.3 Å². The molecule has 2 aromatic carbocycles. The lowest BCUT2D eigenvalue weighted by Gasteiger charge is -2.13. The van der Waals surface area contributed by atoms with Crippen LogP contribution in [0.2, 0.25) is 0 Å². The first-order valence-electron chi connectivity index (χ1n) is 7.59. The van der Waals surface area contributed by atoms with E-state index in [1.54, 1.807) is 12.1 Å². The number of aliphatic hydroxyl groups is 1. The molecule has 0 unspecified atom stereocenters. The Morgan fingerprint density at radius 3 is 2.29 bits per heavy atom. The Morgan fingerprint density at radius 2 is 1.67 bits per heavy atom. The molecule has 0 radical (unpaired) electrons. The Hall–Kier alpha value is -2.60. The van der Waals surface area contributed by atoms with Crippen LogP contribution >= 0.6 is 0 Å². The fourth-order valence-corrected chi connectivity index (χ4v) is 2.54. The van der Waals surface area contributed by atoms with Gasteiger partial charge in [-0.05, 0) is 0 Å². The van der Waals surface area contributed by atoms with Gasteiger partial charge < -0.3 is 10.4 Å². The van der Waals surface area contributed by atoms with Crippen LogP contribution in [0.1, 0.15) is 12.5 Å². The Labute approximate surface area is 138 Å². The third kappa shape index (κ3) is 3.19. The number of rotatable bonds is 5. The van der Waals surface area contributed by atoms with Gasteiger partial charge in [-0.3, -0.25) is 0 Å². The van der Waals surface area contributed by atoms with E-state index in [2.05, 4.69) is 15.5 Å². The molecular formula is C18H17F2N3O. The molecule has 24 heavy (non-hydrogen) atoms. The summed E-state index contributed by atoms with van der Waals surface area (Å²) in [6.45, 7) is 1.24. The summed E-state index contributed by atoms with van der Waals surface area (Å²) in [7, 11) is 0. The van der Waals surface area contributed by atoms with Gasteiger partial charge in [-0.1, -0.05) is 48.5 Å². The summed E-state index contributed by atoms with van der Waals surface area (Å²) in [4.78, 5) is 0. The Bertz CT molecular complexity index is 845. The molecule has 3 aromatic rings. The maximum absolute atomic E-state index is 13.4. The van der Waals surface area contributed by atoms with Crippen molar-refractivity contribution in [1.82, 2.24) is 10.2 Å². The minimum atomic E-state index is -2.87. The molecule has 1 heterocycles. The SMILES string of the molecule is CC(F)(F)c1ccc(-c2nnc(NCCO)c3ccccc23)cc1. The van der Waals surface area contributed by atoms with E-state index in [9.17, 15) is 8.78 Å². The molecular weight excluding hydrogens is 312 g/mol. The van der Waals surface area contributed by atoms with Crippen LogP contribution in [0.5, 0.6) is 0 Å². The molecule has 2 N–H and O–H groups in total. The number of aliphatic hydroxyl groups excluding tert-OH is 1. The number of hydrogen-bond acceptors (Lipinski definition) is 4. The number of aromatic nitrogens is 2. The highest BCUT2D eigenvalue weighted by Gasteiger charge is 2.24. The smallest absolute Gasteiger partial charge is 0.270 e. The van der Waals surface area contributed by atoms with Crippen molar-refractivity contribution in [2.75, 3.05) is 18.5 Å². The topological polar surface area (TPSA) is 58.0 Å². The van der Waals surface area contributed by atoms with E-state index in [4.69, 9.17) is 5.11 Å². The van der Waals surface area contributed by atoms with Crippen molar-refractivity contribution in [3.05, 3.63) is 54.1 Å². The van der Waals surface area contributed by atoms with Crippen LogP contribution in [-0.4, -0.2) is 28.5 Å². The van der Waals surface area contributed by atoms with E-state index >= 15 is 0 Å². The van der Waals surface area contributed by atoms with Crippen LogP contribution in [0, 0.1) is 0 Å².